The highest BCUT2D eigenvalue weighted by Gasteiger charge is 2.13. The van der Waals surface area contributed by atoms with Crippen molar-refractivity contribution in [2.45, 2.75) is 59.2 Å². The van der Waals surface area contributed by atoms with Crippen molar-refractivity contribution in [2.24, 2.45) is 0 Å². The van der Waals surface area contributed by atoms with Crippen LogP contribution in [0.2, 0.25) is 0 Å². The third-order valence-corrected chi connectivity index (χ3v) is 4.15. The normalized spacial score (nSPS) is 11.3. The van der Waals surface area contributed by atoms with Crippen LogP contribution >= 0.6 is 0 Å². The molecule has 22 heavy (non-hydrogen) atoms. The van der Waals surface area contributed by atoms with E-state index >= 15 is 0 Å². The highest BCUT2D eigenvalue weighted by Crippen LogP contribution is 2.13. The Labute approximate surface area is 130 Å². The summed E-state index contributed by atoms with van der Waals surface area (Å²) in [6.45, 7) is 7.13. The molecule has 0 unspecified atom stereocenters. The molecule has 1 aromatic carbocycles. The smallest absolute Gasteiger partial charge is 0.329 e. The number of para-hydroxylation sites is 2. The summed E-state index contributed by atoms with van der Waals surface area (Å²) in [4.78, 5) is 24.5. The van der Waals surface area contributed by atoms with Gasteiger partial charge in [-0.25, -0.2) is 4.79 Å². The number of nitrogens with one attached hydrogen (secondary N) is 1. The molecular weight excluding hydrogens is 278 g/mol. The van der Waals surface area contributed by atoms with E-state index in [2.05, 4.69) is 19.2 Å². The molecule has 1 heterocycles. The van der Waals surface area contributed by atoms with Crippen LogP contribution in [0.3, 0.4) is 0 Å². The quantitative estimate of drug-likeness (QED) is 0.854. The molecule has 120 valence electrons. The van der Waals surface area contributed by atoms with Crippen molar-refractivity contribution in [3.63, 3.8) is 0 Å². The lowest BCUT2D eigenvalue weighted by Crippen LogP contribution is -2.35. The van der Waals surface area contributed by atoms with Gasteiger partial charge in [-0.15, -0.1) is 0 Å². The van der Waals surface area contributed by atoms with Crippen LogP contribution in [-0.2, 0) is 17.9 Å². The average molecular weight is 303 g/mol. The minimum atomic E-state index is -0.0426. The Morgan fingerprint density at radius 1 is 1.09 bits per heavy atom. The SMILES string of the molecule is CCC(CC)NC(=O)CCn1c(=O)n(CC)c2ccccc21. The van der Waals surface area contributed by atoms with E-state index in [0.717, 1.165) is 23.9 Å². The number of nitrogens with zero attached hydrogens (tertiary/aromatic N) is 2. The first-order valence-corrected chi connectivity index (χ1v) is 8.09. The molecule has 2 aromatic rings. The second kappa shape index (κ2) is 7.29. The second-order valence-electron chi connectivity index (χ2n) is 5.50. The van der Waals surface area contributed by atoms with Gasteiger partial charge in [-0.1, -0.05) is 26.0 Å². The summed E-state index contributed by atoms with van der Waals surface area (Å²) in [7, 11) is 0. The summed E-state index contributed by atoms with van der Waals surface area (Å²) in [5.41, 5.74) is 1.78. The fraction of sp³-hybridized carbons (Fsp3) is 0.529. The topological polar surface area (TPSA) is 56.0 Å². The van der Waals surface area contributed by atoms with Crippen LogP contribution < -0.4 is 11.0 Å². The summed E-state index contributed by atoms with van der Waals surface area (Å²) in [5, 5.41) is 3.01. The molecule has 1 aromatic heterocycles. The molecule has 5 heteroatoms. The average Bonchev–Trinajstić information content (AvgIpc) is 2.81. The van der Waals surface area contributed by atoms with Gasteiger partial charge >= 0.3 is 5.69 Å². The van der Waals surface area contributed by atoms with E-state index in [1.165, 1.54) is 0 Å². The number of hydrogen-bond donors (Lipinski definition) is 1. The Hall–Kier alpha value is -2.04. The first-order valence-electron chi connectivity index (χ1n) is 8.09. The number of aromatic nitrogens is 2. The number of imidazole rings is 1. The fourth-order valence-corrected chi connectivity index (χ4v) is 2.80. The Kier molecular flexibility index (Phi) is 5.41. The molecule has 0 radical (unpaired) electrons. The number of fused-ring (bicyclic) bond motifs is 1. The maximum Gasteiger partial charge on any atom is 0.329 e. The molecule has 0 atom stereocenters. The summed E-state index contributed by atoms with van der Waals surface area (Å²) in [5.74, 6) is 0.00827. The zero-order valence-electron chi connectivity index (χ0n) is 13.6. The van der Waals surface area contributed by atoms with Gasteiger partial charge in [0.15, 0.2) is 0 Å². The summed E-state index contributed by atoms with van der Waals surface area (Å²) in [6, 6.07) is 7.95. The van der Waals surface area contributed by atoms with E-state index in [0.29, 0.717) is 19.5 Å². The predicted octanol–water partition coefficient (Wildman–Crippen LogP) is 2.52. The molecule has 0 fully saturated rings. The van der Waals surface area contributed by atoms with E-state index in [1.807, 2.05) is 31.2 Å². The van der Waals surface area contributed by atoms with Crippen LogP contribution in [0.15, 0.2) is 29.1 Å². The lowest BCUT2D eigenvalue weighted by atomic mass is 10.1. The number of aryl methyl sites for hydroxylation is 2. The maximum absolute atomic E-state index is 12.5. The number of carbonyl (C=O) groups is 1. The van der Waals surface area contributed by atoms with E-state index in [4.69, 9.17) is 0 Å². The van der Waals surface area contributed by atoms with Crippen LogP contribution in [0, 0.1) is 0 Å². The Morgan fingerprint density at radius 2 is 1.68 bits per heavy atom. The predicted molar refractivity (Wildman–Crippen MR) is 89.0 cm³/mol. The zero-order valence-corrected chi connectivity index (χ0v) is 13.6. The second-order valence-corrected chi connectivity index (χ2v) is 5.50. The first-order chi connectivity index (χ1) is 10.6. The van der Waals surface area contributed by atoms with Crippen molar-refractivity contribution in [3.05, 3.63) is 34.7 Å². The molecule has 1 N–H and O–H groups in total. The summed E-state index contributed by atoms with van der Waals surface area (Å²) >= 11 is 0. The standard InChI is InChI=1S/C17H25N3O2/c1-4-13(5-2)18-16(21)11-12-20-15-10-8-7-9-14(15)19(6-3)17(20)22/h7-10,13H,4-6,11-12H2,1-3H3,(H,18,21). The summed E-state index contributed by atoms with van der Waals surface area (Å²) < 4.78 is 3.44. The maximum atomic E-state index is 12.5. The van der Waals surface area contributed by atoms with Crippen molar-refractivity contribution in [1.82, 2.24) is 14.5 Å². The Bertz CT molecular complexity index is 695. The van der Waals surface area contributed by atoms with Gasteiger partial charge in [-0.3, -0.25) is 13.9 Å². The minimum Gasteiger partial charge on any atom is -0.353 e. The molecule has 0 saturated carbocycles. The number of benzene rings is 1. The summed E-state index contributed by atoms with van der Waals surface area (Å²) in [6.07, 6.45) is 2.18. The molecule has 5 nitrogen and oxygen atoms in total. The zero-order chi connectivity index (χ0) is 16.1. The molecule has 0 saturated heterocycles. The third-order valence-electron chi connectivity index (χ3n) is 4.15. The van der Waals surface area contributed by atoms with Crippen molar-refractivity contribution >= 4 is 16.9 Å². The molecule has 2 rings (SSSR count). The number of amides is 1. The molecule has 0 aliphatic rings. The highest BCUT2D eigenvalue weighted by molar-refractivity contribution is 5.78. The minimum absolute atomic E-state index is 0.00827. The van der Waals surface area contributed by atoms with E-state index in [1.54, 1.807) is 9.13 Å². The van der Waals surface area contributed by atoms with Crippen LogP contribution in [0.25, 0.3) is 11.0 Å². The van der Waals surface area contributed by atoms with Crippen molar-refractivity contribution in [2.75, 3.05) is 0 Å². The molecule has 0 aliphatic heterocycles. The van der Waals surface area contributed by atoms with Crippen molar-refractivity contribution in [3.8, 4) is 0 Å². The van der Waals surface area contributed by atoms with E-state index in [9.17, 15) is 9.59 Å². The molecule has 0 aliphatic carbocycles. The molecular formula is C17H25N3O2. The van der Waals surface area contributed by atoms with Crippen molar-refractivity contribution in [1.29, 1.82) is 0 Å². The van der Waals surface area contributed by atoms with Gasteiger partial charge in [-0.05, 0) is 31.9 Å². The highest BCUT2D eigenvalue weighted by atomic mass is 16.2. The molecule has 1 amide bonds. The van der Waals surface area contributed by atoms with Gasteiger partial charge in [0.05, 0.1) is 11.0 Å². The van der Waals surface area contributed by atoms with E-state index in [-0.39, 0.29) is 17.6 Å². The number of rotatable bonds is 7. The number of carbonyl (C=O) groups excluding carboxylic acids is 1. The van der Waals surface area contributed by atoms with E-state index < -0.39 is 0 Å². The van der Waals surface area contributed by atoms with Gasteiger partial charge in [0.1, 0.15) is 0 Å². The van der Waals surface area contributed by atoms with Gasteiger partial charge < -0.3 is 5.32 Å². The fourth-order valence-electron chi connectivity index (χ4n) is 2.80. The van der Waals surface area contributed by atoms with Gasteiger partial charge in [0.25, 0.3) is 0 Å². The van der Waals surface area contributed by atoms with Gasteiger partial charge in [0, 0.05) is 25.6 Å². The lowest BCUT2D eigenvalue weighted by molar-refractivity contribution is -0.122. The lowest BCUT2D eigenvalue weighted by Gasteiger charge is -2.14. The van der Waals surface area contributed by atoms with Crippen LogP contribution in [0.4, 0.5) is 0 Å². The van der Waals surface area contributed by atoms with Crippen LogP contribution in [0.5, 0.6) is 0 Å². The van der Waals surface area contributed by atoms with Crippen LogP contribution in [0.1, 0.15) is 40.0 Å². The number of hydrogen-bond acceptors (Lipinski definition) is 2. The third kappa shape index (κ3) is 3.24. The molecule has 0 bridgehead atoms. The van der Waals surface area contributed by atoms with Gasteiger partial charge in [0.2, 0.25) is 5.91 Å². The Balaban J connectivity index is 2.17. The molecule has 0 spiro atoms. The Morgan fingerprint density at radius 3 is 2.23 bits per heavy atom. The van der Waals surface area contributed by atoms with Crippen LogP contribution in [-0.4, -0.2) is 21.1 Å². The first kappa shape index (κ1) is 16.3. The van der Waals surface area contributed by atoms with Crippen molar-refractivity contribution < 1.29 is 4.79 Å². The monoisotopic (exact) mass is 303 g/mol. The van der Waals surface area contributed by atoms with Gasteiger partial charge in [-0.2, -0.15) is 0 Å². The largest absolute Gasteiger partial charge is 0.353 e.